The highest BCUT2D eigenvalue weighted by Crippen LogP contribution is 2.24. The molecule has 3 rings (SSSR count). The molecule has 0 heterocycles. The van der Waals surface area contributed by atoms with Crippen LogP contribution in [0.4, 0.5) is 5.69 Å². The van der Waals surface area contributed by atoms with Gasteiger partial charge in [-0.2, -0.15) is 0 Å². The number of hydrogen-bond donors (Lipinski definition) is 3. The number of halogens is 1. The van der Waals surface area contributed by atoms with Crippen LogP contribution >= 0.6 is 28.1 Å². The lowest BCUT2D eigenvalue weighted by atomic mass is 10.1. The van der Waals surface area contributed by atoms with Gasteiger partial charge in [0.05, 0.1) is 23.4 Å². The highest BCUT2D eigenvalue weighted by atomic mass is 79.9. The van der Waals surface area contributed by atoms with Gasteiger partial charge in [0.1, 0.15) is 5.75 Å². The maximum Gasteiger partial charge on any atom is 0.261 e. The molecule has 0 saturated heterocycles. The summed E-state index contributed by atoms with van der Waals surface area (Å²) in [5.41, 5.74) is 2.45. The monoisotopic (exact) mass is 567 g/mol. The normalized spacial score (nSPS) is 10.6. The number of carbonyl (C=O) groups excluding carboxylic acids is 2. The fourth-order valence-electron chi connectivity index (χ4n) is 3.38. The summed E-state index contributed by atoms with van der Waals surface area (Å²) in [6.45, 7) is 5.24. The van der Waals surface area contributed by atoms with Crippen LogP contribution in [0.1, 0.15) is 46.5 Å². The van der Waals surface area contributed by atoms with Gasteiger partial charge in [-0.05, 0) is 66.9 Å². The summed E-state index contributed by atoms with van der Waals surface area (Å²) >= 11 is 8.79. The summed E-state index contributed by atoms with van der Waals surface area (Å²) in [5.74, 6) is 0.344. The lowest BCUT2D eigenvalue weighted by molar-refractivity contribution is 0.0952. The van der Waals surface area contributed by atoms with E-state index in [2.05, 4.69) is 45.7 Å². The van der Waals surface area contributed by atoms with Crippen molar-refractivity contribution in [3.8, 4) is 5.75 Å². The van der Waals surface area contributed by atoms with E-state index in [9.17, 15) is 9.59 Å². The van der Waals surface area contributed by atoms with Gasteiger partial charge in [-0.15, -0.1) is 0 Å². The van der Waals surface area contributed by atoms with Gasteiger partial charge in [0.25, 0.3) is 11.8 Å². The standard InChI is InChI=1S/C28H30BrN3O3S/c1-19(2)15-17-35-25-13-12-21(29)18-23(25)27(34)32-28(36)31-24-11-7-6-10-22(24)26(33)30-16-14-20-8-4-3-5-9-20/h3-13,18-19H,14-17H2,1-2H3,(H,30,33)(H2,31,32,34,36). The molecule has 0 unspecified atom stereocenters. The number of anilines is 1. The van der Waals surface area contributed by atoms with Crippen LogP contribution in [0.25, 0.3) is 0 Å². The van der Waals surface area contributed by atoms with Crippen LogP contribution in [-0.2, 0) is 6.42 Å². The molecule has 0 aliphatic heterocycles. The van der Waals surface area contributed by atoms with Crippen LogP contribution in [0.5, 0.6) is 5.75 Å². The minimum absolute atomic E-state index is 0.0811. The topological polar surface area (TPSA) is 79.5 Å². The zero-order chi connectivity index (χ0) is 25.9. The predicted molar refractivity (Wildman–Crippen MR) is 152 cm³/mol. The molecule has 6 nitrogen and oxygen atoms in total. The smallest absolute Gasteiger partial charge is 0.261 e. The number of amides is 2. The summed E-state index contributed by atoms with van der Waals surface area (Å²) in [6, 6.07) is 22.2. The Hall–Kier alpha value is -3.23. The molecule has 0 atom stereocenters. The van der Waals surface area contributed by atoms with Crippen molar-refractivity contribution in [2.45, 2.75) is 26.7 Å². The molecule has 2 amide bonds. The van der Waals surface area contributed by atoms with Crippen LogP contribution in [0.2, 0.25) is 0 Å². The van der Waals surface area contributed by atoms with Crippen molar-refractivity contribution in [2.24, 2.45) is 5.92 Å². The van der Waals surface area contributed by atoms with E-state index in [0.717, 1.165) is 22.9 Å². The highest BCUT2D eigenvalue weighted by Gasteiger charge is 2.17. The molecule has 3 aromatic carbocycles. The van der Waals surface area contributed by atoms with E-state index in [1.807, 2.05) is 36.4 Å². The third kappa shape index (κ3) is 8.46. The fourth-order valence-corrected chi connectivity index (χ4v) is 3.95. The molecule has 0 aliphatic rings. The second-order valence-corrected chi connectivity index (χ2v) is 9.94. The Morgan fingerprint density at radius 1 is 0.944 bits per heavy atom. The average molecular weight is 569 g/mol. The van der Waals surface area contributed by atoms with Gasteiger partial charge in [-0.25, -0.2) is 0 Å². The zero-order valence-electron chi connectivity index (χ0n) is 20.3. The van der Waals surface area contributed by atoms with E-state index >= 15 is 0 Å². The Kier molecular flexibility index (Phi) is 10.5. The maximum atomic E-state index is 13.0. The number of ether oxygens (including phenoxy) is 1. The van der Waals surface area contributed by atoms with Gasteiger partial charge < -0.3 is 15.4 Å². The summed E-state index contributed by atoms with van der Waals surface area (Å²) in [4.78, 5) is 25.8. The first-order valence-electron chi connectivity index (χ1n) is 11.8. The van der Waals surface area contributed by atoms with Crippen molar-refractivity contribution < 1.29 is 14.3 Å². The van der Waals surface area contributed by atoms with Gasteiger partial charge in [-0.3, -0.25) is 14.9 Å². The molecule has 3 N–H and O–H groups in total. The molecule has 0 aliphatic carbocycles. The first-order valence-corrected chi connectivity index (χ1v) is 13.0. The molecule has 36 heavy (non-hydrogen) atoms. The Bertz CT molecular complexity index is 1200. The van der Waals surface area contributed by atoms with Crippen molar-refractivity contribution >= 4 is 50.8 Å². The Morgan fingerprint density at radius 3 is 2.42 bits per heavy atom. The van der Waals surface area contributed by atoms with Gasteiger partial charge in [0.15, 0.2) is 5.11 Å². The minimum atomic E-state index is -0.404. The Labute approximate surface area is 226 Å². The zero-order valence-corrected chi connectivity index (χ0v) is 22.7. The number of carbonyl (C=O) groups is 2. The van der Waals surface area contributed by atoms with Crippen molar-refractivity contribution in [1.29, 1.82) is 0 Å². The Morgan fingerprint density at radius 2 is 1.67 bits per heavy atom. The summed E-state index contributed by atoms with van der Waals surface area (Å²) < 4.78 is 6.60. The first-order chi connectivity index (χ1) is 17.3. The summed E-state index contributed by atoms with van der Waals surface area (Å²) in [6.07, 6.45) is 1.60. The van der Waals surface area contributed by atoms with Gasteiger partial charge >= 0.3 is 0 Å². The van der Waals surface area contributed by atoms with E-state index in [1.54, 1.807) is 36.4 Å². The lowest BCUT2D eigenvalue weighted by Crippen LogP contribution is -2.35. The molecule has 0 radical (unpaired) electrons. The van der Waals surface area contributed by atoms with Gasteiger partial charge in [0.2, 0.25) is 0 Å². The number of hydrogen-bond acceptors (Lipinski definition) is 4. The highest BCUT2D eigenvalue weighted by molar-refractivity contribution is 9.10. The fraction of sp³-hybridized carbons (Fsp3) is 0.250. The van der Waals surface area contributed by atoms with Crippen molar-refractivity contribution in [2.75, 3.05) is 18.5 Å². The maximum absolute atomic E-state index is 13.0. The second kappa shape index (κ2) is 13.8. The quantitative estimate of drug-likeness (QED) is 0.263. The van der Waals surface area contributed by atoms with Crippen LogP contribution in [0.3, 0.4) is 0 Å². The number of rotatable bonds is 10. The number of benzene rings is 3. The third-order valence-electron chi connectivity index (χ3n) is 5.33. The molecule has 0 bridgehead atoms. The van der Waals surface area contributed by atoms with E-state index < -0.39 is 5.91 Å². The molecular weight excluding hydrogens is 538 g/mol. The van der Waals surface area contributed by atoms with Crippen LogP contribution < -0.4 is 20.7 Å². The number of para-hydroxylation sites is 1. The predicted octanol–water partition coefficient (Wildman–Crippen LogP) is 5.97. The molecule has 188 valence electrons. The van der Waals surface area contributed by atoms with Crippen molar-refractivity contribution in [3.63, 3.8) is 0 Å². The third-order valence-corrected chi connectivity index (χ3v) is 6.03. The minimum Gasteiger partial charge on any atom is -0.493 e. The molecule has 0 saturated carbocycles. The summed E-state index contributed by atoms with van der Waals surface area (Å²) in [7, 11) is 0. The van der Waals surface area contributed by atoms with Crippen molar-refractivity contribution in [3.05, 3.63) is 94.0 Å². The first kappa shape index (κ1) is 27.4. The number of nitrogens with one attached hydrogen (secondary N) is 3. The van der Waals surface area contributed by atoms with Crippen LogP contribution in [0, 0.1) is 5.92 Å². The molecule has 3 aromatic rings. The molecule has 0 fully saturated rings. The summed E-state index contributed by atoms with van der Waals surface area (Å²) in [5, 5.41) is 8.69. The Balaban J connectivity index is 1.62. The lowest BCUT2D eigenvalue weighted by Gasteiger charge is -2.15. The second-order valence-electron chi connectivity index (χ2n) is 8.62. The SMILES string of the molecule is CC(C)CCOc1ccc(Br)cc1C(=O)NC(=S)Nc1ccccc1C(=O)NCCc1ccccc1. The van der Waals surface area contributed by atoms with E-state index in [0.29, 0.717) is 41.6 Å². The van der Waals surface area contributed by atoms with Crippen LogP contribution in [0.15, 0.2) is 77.3 Å². The van der Waals surface area contributed by atoms with Gasteiger partial charge in [0, 0.05) is 11.0 Å². The van der Waals surface area contributed by atoms with E-state index in [4.69, 9.17) is 17.0 Å². The average Bonchev–Trinajstić information content (AvgIpc) is 2.85. The molecule has 8 heteroatoms. The molecular formula is C28H30BrN3O3S. The van der Waals surface area contributed by atoms with E-state index in [1.165, 1.54) is 0 Å². The van der Waals surface area contributed by atoms with Crippen molar-refractivity contribution in [1.82, 2.24) is 10.6 Å². The van der Waals surface area contributed by atoms with E-state index in [-0.39, 0.29) is 11.0 Å². The molecule has 0 spiro atoms. The van der Waals surface area contributed by atoms with Gasteiger partial charge in [-0.1, -0.05) is 72.2 Å². The largest absolute Gasteiger partial charge is 0.493 e. The van der Waals surface area contributed by atoms with Crippen LogP contribution in [-0.4, -0.2) is 30.1 Å². The molecule has 0 aromatic heterocycles. The number of thiocarbonyl (C=S) groups is 1.